The average Bonchev–Trinajstić information content (AvgIpc) is 3.08. The van der Waals surface area contributed by atoms with Crippen LogP contribution < -0.4 is 20.3 Å². The quantitative estimate of drug-likeness (QED) is 0.817. The van der Waals surface area contributed by atoms with Crippen LogP contribution in [0.3, 0.4) is 0 Å². The van der Waals surface area contributed by atoms with E-state index in [2.05, 4.69) is 20.5 Å². The standard InChI is InChI=1S/C15H22N4O3/c1-21-14-8-12(15(20)18-11-2-7-22-10-11)17-9-13(14)19-5-3-16-4-6-19/h8-9,11,16H,2-7,10H2,1H3,(H,18,20)/t11-/m1/s1. The van der Waals surface area contributed by atoms with E-state index in [4.69, 9.17) is 9.47 Å². The number of rotatable bonds is 4. The second kappa shape index (κ2) is 6.93. The van der Waals surface area contributed by atoms with Crippen molar-refractivity contribution in [1.82, 2.24) is 15.6 Å². The lowest BCUT2D eigenvalue weighted by molar-refractivity contribution is 0.0924. The Bertz CT molecular complexity index is 526. The number of hydrogen-bond donors (Lipinski definition) is 2. The van der Waals surface area contributed by atoms with Gasteiger partial charge in [-0.3, -0.25) is 4.79 Å². The topological polar surface area (TPSA) is 75.7 Å². The van der Waals surface area contributed by atoms with Crippen molar-refractivity contribution in [3.63, 3.8) is 0 Å². The monoisotopic (exact) mass is 306 g/mol. The van der Waals surface area contributed by atoms with E-state index in [9.17, 15) is 4.79 Å². The summed E-state index contributed by atoms with van der Waals surface area (Å²) >= 11 is 0. The van der Waals surface area contributed by atoms with Crippen molar-refractivity contribution in [2.45, 2.75) is 12.5 Å². The first-order chi connectivity index (χ1) is 10.8. The zero-order chi connectivity index (χ0) is 15.4. The van der Waals surface area contributed by atoms with E-state index in [1.807, 2.05) is 0 Å². The SMILES string of the molecule is COc1cc(C(=O)N[C@@H]2CCOC2)ncc1N1CCNCC1. The van der Waals surface area contributed by atoms with Crippen molar-refractivity contribution in [3.05, 3.63) is 18.0 Å². The van der Waals surface area contributed by atoms with Crippen LogP contribution in [0.2, 0.25) is 0 Å². The van der Waals surface area contributed by atoms with Crippen molar-refractivity contribution >= 4 is 11.6 Å². The molecule has 2 fully saturated rings. The van der Waals surface area contributed by atoms with Gasteiger partial charge in [-0.05, 0) is 6.42 Å². The van der Waals surface area contributed by atoms with E-state index < -0.39 is 0 Å². The number of nitrogens with zero attached hydrogens (tertiary/aromatic N) is 2. The highest BCUT2D eigenvalue weighted by Crippen LogP contribution is 2.28. The number of carbonyl (C=O) groups excluding carboxylic acids is 1. The molecule has 0 aromatic carbocycles. The van der Waals surface area contributed by atoms with Gasteiger partial charge in [0.15, 0.2) is 0 Å². The second-order valence-corrected chi connectivity index (χ2v) is 5.51. The third kappa shape index (κ3) is 3.31. The molecule has 3 rings (SSSR count). The van der Waals surface area contributed by atoms with Crippen molar-refractivity contribution in [2.75, 3.05) is 51.4 Å². The number of carbonyl (C=O) groups is 1. The maximum Gasteiger partial charge on any atom is 0.270 e. The van der Waals surface area contributed by atoms with E-state index in [1.165, 1.54) is 0 Å². The molecule has 0 aliphatic carbocycles. The Morgan fingerprint density at radius 2 is 2.32 bits per heavy atom. The molecule has 3 heterocycles. The lowest BCUT2D eigenvalue weighted by Gasteiger charge is -2.30. The van der Waals surface area contributed by atoms with Crippen LogP contribution in [0.4, 0.5) is 5.69 Å². The van der Waals surface area contributed by atoms with Gasteiger partial charge in [0.1, 0.15) is 11.4 Å². The van der Waals surface area contributed by atoms with Crippen molar-refractivity contribution in [2.24, 2.45) is 0 Å². The summed E-state index contributed by atoms with van der Waals surface area (Å²) in [5.41, 5.74) is 1.31. The fraction of sp³-hybridized carbons (Fsp3) is 0.600. The van der Waals surface area contributed by atoms with E-state index >= 15 is 0 Å². The summed E-state index contributed by atoms with van der Waals surface area (Å²) in [5.74, 6) is 0.505. The maximum absolute atomic E-state index is 12.2. The van der Waals surface area contributed by atoms with E-state index in [0.29, 0.717) is 24.7 Å². The molecule has 1 aromatic heterocycles. The Hall–Kier alpha value is -1.86. The Balaban J connectivity index is 1.73. The predicted molar refractivity (Wildman–Crippen MR) is 82.6 cm³/mol. The average molecular weight is 306 g/mol. The van der Waals surface area contributed by atoms with Gasteiger partial charge < -0.3 is 25.0 Å². The molecule has 0 bridgehead atoms. The number of ether oxygens (including phenoxy) is 2. The Morgan fingerprint density at radius 1 is 1.50 bits per heavy atom. The first-order valence-corrected chi connectivity index (χ1v) is 7.66. The van der Waals surface area contributed by atoms with Gasteiger partial charge in [0.2, 0.25) is 0 Å². The number of nitrogens with one attached hydrogen (secondary N) is 2. The molecule has 0 saturated carbocycles. The number of methoxy groups -OCH3 is 1. The van der Waals surface area contributed by atoms with E-state index in [0.717, 1.165) is 38.3 Å². The van der Waals surface area contributed by atoms with Gasteiger partial charge in [-0.15, -0.1) is 0 Å². The van der Waals surface area contributed by atoms with E-state index in [-0.39, 0.29) is 11.9 Å². The molecule has 2 saturated heterocycles. The summed E-state index contributed by atoms with van der Waals surface area (Å²) in [7, 11) is 1.62. The third-order valence-electron chi connectivity index (χ3n) is 4.02. The lowest BCUT2D eigenvalue weighted by Crippen LogP contribution is -2.43. The zero-order valence-electron chi connectivity index (χ0n) is 12.8. The Morgan fingerprint density at radius 3 is 3.00 bits per heavy atom. The molecular formula is C15H22N4O3. The van der Waals surface area contributed by atoms with Gasteiger partial charge >= 0.3 is 0 Å². The first-order valence-electron chi connectivity index (χ1n) is 7.66. The number of anilines is 1. The molecule has 2 aliphatic rings. The van der Waals surface area contributed by atoms with Gasteiger partial charge in [0, 0.05) is 38.9 Å². The molecule has 0 unspecified atom stereocenters. The molecular weight excluding hydrogens is 284 g/mol. The molecule has 2 aliphatic heterocycles. The van der Waals surface area contributed by atoms with Crippen LogP contribution in [0.1, 0.15) is 16.9 Å². The summed E-state index contributed by atoms with van der Waals surface area (Å²) < 4.78 is 10.7. The largest absolute Gasteiger partial charge is 0.494 e. The normalized spacial score (nSPS) is 21.7. The van der Waals surface area contributed by atoms with Crippen molar-refractivity contribution < 1.29 is 14.3 Å². The van der Waals surface area contributed by atoms with Crippen LogP contribution in [0.5, 0.6) is 5.75 Å². The summed E-state index contributed by atoms with van der Waals surface area (Å²) in [5, 5.41) is 6.25. The van der Waals surface area contributed by atoms with Gasteiger partial charge in [0.25, 0.3) is 5.91 Å². The third-order valence-corrected chi connectivity index (χ3v) is 4.02. The summed E-state index contributed by atoms with van der Waals surface area (Å²) in [4.78, 5) is 18.8. The van der Waals surface area contributed by atoms with Crippen molar-refractivity contribution in [3.8, 4) is 5.75 Å². The number of pyridine rings is 1. The molecule has 1 amide bonds. The van der Waals surface area contributed by atoms with Crippen LogP contribution in [-0.2, 0) is 4.74 Å². The summed E-state index contributed by atoms with van der Waals surface area (Å²) in [6.45, 7) is 4.96. The molecule has 2 N–H and O–H groups in total. The smallest absolute Gasteiger partial charge is 0.270 e. The molecule has 0 spiro atoms. The molecule has 7 heteroatoms. The van der Waals surface area contributed by atoms with Crippen molar-refractivity contribution in [1.29, 1.82) is 0 Å². The number of amides is 1. The highest BCUT2D eigenvalue weighted by Gasteiger charge is 2.21. The van der Waals surface area contributed by atoms with Crippen LogP contribution >= 0.6 is 0 Å². The number of hydrogen-bond acceptors (Lipinski definition) is 6. The van der Waals surface area contributed by atoms with E-state index in [1.54, 1.807) is 19.4 Å². The fourth-order valence-corrected chi connectivity index (χ4v) is 2.77. The van der Waals surface area contributed by atoms with Crippen LogP contribution in [-0.4, -0.2) is 63.4 Å². The molecule has 1 aromatic rings. The van der Waals surface area contributed by atoms with Gasteiger partial charge in [-0.1, -0.05) is 0 Å². The molecule has 22 heavy (non-hydrogen) atoms. The van der Waals surface area contributed by atoms with Crippen LogP contribution in [0.25, 0.3) is 0 Å². The fourth-order valence-electron chi connectivity index (χ4n) is 2.77. The number of aromatic nitrogens is 1. The van der Waals surface area contributed by atoms with Gasteiger partial charge in [-0.25, -0.2) is 4.98 Å². The predicted octanol–water partition coefficient (Wildman–Crippen LogP) is 0.0185. The van der Waals surface area contributed by atoms with Crippen LogP contribution in [0, 0.1) is 0 Å². The second-order valence-electron chi connectivity index (χ2n) is 5.51. The Kier molecular flexibility index (Phi) is 4.74. The van der Waals surface area contributed by atoms with Gasteiger partial charge in [0.05, 0.1) is 31.6 Å². The van der Waals surface area contributed by atoms with Gasteiger partial charge in [-0.2, -0.15) is 0 Å². The molecule has 1 atom stereocenters. The minimum Gasteiger partial charge on any atom is -0.494 e. The molecule has 7 nitrogen and oxygen atoms in total. The zero-order valence-corrected chi connectivity index (χ0v) is 12.8. The molecule has 0 radical (unpaired) electrons. The van der Waals surface area contributed by atoms with Crippen LogP contribution in [0.15, 0.2) is 12.3 Å². The highest BCUT2D eigenvalue weighted by atomic mass is 16.5. The number of piperazine rings is 1. The Labute approximate surface area is 130 Å². The maximum atomic E-state index is 12.2. The lowest BCUT2D eigenvalue weighted by atomic mass is 10.2. The first kappa shape index (κ1) is 15.1. The summed E-state index contributed by atoms with van der Waals surface area (Å²) in [6, 6.07) is 1.79. The summed E-state index contributed by atoms with van der Waals surface area (Å²) in [6.07, 6.45) is 2.58. The highest BCUT2D eigenvalue weighted by molar-refractivity contribution is 5.93. The minimum atomic E-state index is -0.180. The molecule has 120 valence electrons. The minimum absolute atomic E-state index is 0.0770.